The van der Waals surface area contributed by atoms with Gasteiger partial charge in [-0.05, 0) is 37.9 Å². The Bertz CT molecular complexity index is 365. The fraction of sp³-hybridized carbons (Fsp3) is 0.143. The Morgan fingerprint density at radius 3 is 3.00 bits per heavy atom. The minimum absolute atomic E-state index is 0.0584. The molecular formula is C7H4Br2N2O. The lowest BCUT2D eigenvalue weighted by atomic mass is 10.2. The molecule has 0 spiro atoms. The van der Waals surface area contributed by atoms with Gasteiger partial charge in [0.05, 0.1) is 17.8 Å². The minimum atomic E-state index is -0.0584. The van der Waals surface area contributed by atoms with Crippen molar-refractivity contribution < 1.29 is 4.79 Å². The van der Waals surface area contributed by atoms with Crippen LogP contribution in [0.3, 0.4) is 0 Å². The SMILES string of the molecule is O=C1NCc2nc(Br)cc(Br)c21. The van der Waals surface area contributed by atoms with Gasteiger partial charge in [-0.15, -0.1) is 0 Å². The molecule has 5 heteroatoms. The zero-order valence-corrected chi connectivity index (χ0v) is 9.07. The largest absolute Gasteiger partial charge is 0.346 e. The molecule has 0 saturated heterocycles. The quantitative estimate of drug-likeness (QED) is 0.741. The number of halogens is 2. The highest BCUT2D eigenvalue weighted by molar-refractivity contribution is 9.11. The number of carbonyl (C=O) groups excluding carboxylic acids is 1. The summed E-state index contributed by atoms with van der Waals surface area (Å²) in [6, 6.07) is 1.77. The van der Waals surface area contributed by atoms with Gasteiger partial charge in [-0.25, -0.2) is 4.98 Å². The Balaban J connectivity index is 2.68. The van der Waals surface area contributed by atoms with Crippen molar-refractivity contribution in [3.05, 3.63) is 26.4 Å². The number of aromatic nitrogens is 1. The number of hydrogen-bond acceptors (Lipinski definition) is 2. The molecule has 0 atom stereocenters. The number of amides is 1. The molecule has 0 fully saturated rings. The second-order valence-electron chi connectivity index (χ2n) is 2.43. The number of hydrogen-bond donors (Lipinski definition) is 1. The fourth-order valence-corrected chi connectivity index (χ4v) is 2.53. The Morgan fingerprint density at radius 1 is 1.50 bits per heavy atom. The van der Waals surface area contributed by atoms with E-state index in [-0.39, 0.29) is 5.91 Å². The van der Waals surface area contributed by atoms with E-state index >= 15 is 0 Å². The maximum absolute atomic E-state index is 11.2. The molecule has 1 aromatic heterocycles. The molecule has 1 amide bonds. The molecular weight excluding hydrogens is 288 g/mol. The highest BCUT2D eigenvalue weighted by Gasteiger charge is 2.23. The molecule has 1 aliphatic heterocycles. The smallest absolute Gasteiger partial charge is 0.254 e. The Kier molecular flexibility index (Phi) is 1.92. The van der Waals surface area contributed by atoms with Crippen LogP contribution in [-0.2, 0) is 6.54 Å². The molecule has 2 heterocycles. The van der Waals surface area contributed by atoms with Crippen LogP contribution in [0.4, 0.5) is 0 Å². The first-order valence-electron chi connectivity index (χ1n) is 3.31. The third-order valence-corrected chi connectivity index (χ3v) is 2.69. The number of carbonyl (C=O) groups is 1. The molecule has 0 unspecified atom stereocenters. The lowest BCUT2D eigenvalue weighted by Gasteiger charge is -1.98. The summed E-state index contributed by atoms with van der Waals surface area (Å²) in [5.74, 6) is -0.0584. The van der Waals surface area contributed by atoms with Gasteiger partial charge in [-0.2, -0.15) is 0 Å². The van der Waals surface area contributed by atoms with E-state index in [0.29, 0.717) is 12.1 Å². The molecule has 0 aliphatic carbocycles. The monoisotopic (exact) mass is 290 g/mol. The van der Waals surface area contributed by atoms with Crippen molar-refractivity contribution in [2.24, 2.45) is 0 Å². The molecule has 12 heavy (non-hydrogen) atoms. The number of fused-ring (bicyclic) bond motifs is 1. The summed E-state index contributed by atoms with van der Waals surface area (Å²) in [7, 11) is 0. The van der Waals surface area contributed by atoms with E-state index in [1.54, 1.807) is 6.07 Å². The van der Waals surface area contributed by atoms with Gasteiger partial charge in [-0.3, -0.25) is 4.79 Å². The molecule has 0 aromatic carbocycles. The van der Waals surface area contributed by atoms with E-state index in [1.165, 1.54) is 0 Å². The van der Waals surface area contributed by atoms with Gasteiger partial charge in [0.25, 0.3) is 5.91 Å². The predicted molar refractivity (Wildman–Crippen MR) is 50.8 cm³/mol. The van der Waals surface area contributed by atoms with Crippen LogP contribution < -0.4 is 5.32 Å². The van der Waals surface area contributed by atoms with Gasteiger partial charge >= 0.3 is 0 Å². The zero-order chi connectivity index (χ0) is 8.72. The maximum Gasteiger partial charge on any atom is 0.254 e. The molecule has 1 aromatic rings. The molecule has 1 N–H and O–H groups in total. The van der Waals surface area contributed by atoms with Gasteiger partial charge in [0.2, 0.25) is 0 Å². The van der Waals surface area contributed by atoms with Crippen LogP contribution >= 0.6 is 31.9 Å². The third kappa shape index (κ3) is 1.17. The van der Waals surface area contributed by atoms with E-state index < -0.39 is 0 Å². The maximum atomic E-state index is 11.2. The number of nitrogens with zero attached hydrogens (tertiary/aromatic N) is 1. The van der Waals surface area contributed by atoms with Crippen LogP contribution in [0, 0.1) is 0 Å². The number of pyridine rings is 1. The van der Waals surface area contributed by atoms with Gasteiger partial charge < -0.3 is 5.32 Å². The van der Waals surface area contributed by atoms with Crippen molar-refractivity contribution in [3.8, 4) is 0 Å². The first-order chi connectivity index (χ1) is 5.68. The molecule has 3 nitrogen and oxygen atoms in total. The van der Waals surface area contributed by atoms with Crippen molar-refractivity contribution in [2.45, 2.75) is 6.54 Å². The van der Waals surface area contributed by atoms with Crippen LogP contribution in [0.1, 0.15) is 16.1 Å². The van der Waals surface area contributed by atoms with Crippen LogP contribution in [0.5, 0.6) is 0 Å². The molecule has 2 rings (SSSR count). The predicted octanol–water partition coefficient (Wildman–Crippen LogP) is 1.85. The summed E-state index contributed by atoms with van der Waals surface area (Å²) in [4.78, 5) is 15.4. The van der Waals surface area contributed by atoms with Crippen molar-refractivity contribution in [1.29, 1.82) is 0 Å². The fourth-order valence-electron chi connectivity index (χ4n) is 1.15. The van der Waals surface area contributed by atoms with E-state index in [1.807, 2.05) is 0 Å². The Morgan fingerprint density at radius 2 is 2.25 bits per heavy atom. The average Bonchev–Trinajstić information content (AvgIpc) is 2.31. The highest BCUT2D eigenvalue weighted by Crippen LogP contribution is 2.26. The van der Waals surface area contributed by atoms with Crippen molar-refractivity contribution in [2.75, 3.05) is 0 Å². The summed E-state index contributed by atoms with van der Waals surface area (Å²) in [5.41, 5.74) is 1.44. The van der Waals surface area contributed by atoms with Gasteiger partial charge in [0, 0.05) is 4.47 Å². The van der Waals surface area contributed by atoms with Crippen LogP contribution in [0.15, 0.2) is 15.1 Å². The molecule has 1 aliphatic rings. The lowest BCUT2D eigenvalue weighted by molar-refractivity contribution is 0.0965. The van der Waals surface area contributed by atoms with Crippen molar-refractivity contribution >= 4 is 37.8 Å². The molecule has 0 bridgehead atoms. The summed E-state index contributed by atoms with van der Waals surface area (Å²) in [5, 5.41) is 2.70. The highest BCUT2D eigenvalue weighted by atomic mass is 79.9. The van der Waals surface area contributed by atoms with Crippen LogP contribution in [0.25, 0.3) is 0 Å². The van der Waals surface area contributed by atoms with Crippen molar-refractivity contribution in [3.63, 3.8) is 0 Å². The number of rotatable bonds is 0. The van der Waals surface area contributed by atoms with E-state index in [4.69, 9.17) is 0 Å². The summed E-state index contributed by atoms with van der Waals surface area (Å²) < 4.78 is 1.53. The normalized spacial score (nSPS) is 14.3. The van der Waals surface area contributed by atoms with Crippen LogP contribution in [-0.4, -0.2) is 10.9 Å². The second-order valence-corrected chi connectivity index (χ2v) is 4.10. The Labute approximate surface area is 85.8 Å². The van der Waals surface area contributed by atoms with Crippen LogP contribution in [0.2, 0.25) is 0 Å². The van der Waals surface area contributed by atoms with Gasteiger partial charge in [0.15, 0.2) is 0 Å². The first kappa shape index (κ1) is 8.19. The van der Waals surface area contributed by atoms with E-state index in [0.717, 1.165) is 14.8 Å². The minimum Gasteiger partial charge on any atom is -0.346 e. The standard InChI is InChI=1S/C7H4Br2N2O/c8-3-1-5(9)11-4-2-10-7(12)6(3)4/h1H,2H2,(H,10,12). The Hall–Kier alpha value is -0.420. The molecule has 62 valence electrons. The summed E-state index contributed by atoms with van der Waals surface area (Å²) >= 11 is 6.56. The summed E-state index contributed by atoms with van der Waals surface area (Å²) in [6.45, 7) is 0.520. The zero-order valence-electron chi connectivity index (χ0n) is 5.90. The average molecular weight is 292 g/mol. The lowest BCUT2D eigenvalue weighted by Crippen LogP contribution is -2.12. The molecule has 0 radical (unpaired) electrons. The van der Waals surface area contributed by atoms with Crippen molar-refractivity contribution in [1.82, 2.24) is 10.3 Å². The third-order valence-electron chi connectivity index (χ3n) is 1.66. The van der Waals surface area contributed by atoms with Gasteiger partial charge in [0.1, 0.15) is 4.60 Å². The van der Waals surface area contributed by atoms with Gasteiger partial charge in [-0.1, -0.05) is 0 Å². The van der Waals surface area contributed by atoms with E-state index in [9.17, 15) is 4.79 Å². The summed E-state index contributed by atoms with van der Waals surface area (Å²) in [6.07, 6.45) is 0. The second kappa shape index (κ2) is 2.81. The topological polar surface area (TPSA) is 42.0 Å². The van der Waals surface area contributed by atoms with E-state index in [2.05, 4.69) is 42.2 Å². The first-order valence-corrected chi connectivity index (χ1v) is 4.90. The number of nitrogens with one attached hydrogen (secondary N) is 1. The molecule has 0 saturated carbocycles.